The summed E-state index contributed by atoms with van der Waals surface area (Å²) in [7, 11) is 0. The molecular weight excluding hydrogens is 262 g/mol. The number of hydrogen-bond acceptors (Lipinski definition) is 4. The van der Waals surface area contributed by atoms with E-state index in [1.165, 1.54) is 12.8 Å². The highest BCUT2D eigenvalue weighted by Gasteiger charge is 2.20. The van der Waals surface area contributed by atoms with Gasteiger partial charge < -0.3 is 5.32 Å². The number of rotatable bonds is 5. The summed E-state index contributed by atoms with van der Waals surface area (Å²) in [6.07, 6.45) is 4.57. The van der Waals surface area contributed by atoms with Gasteiger partial charge in [0.15, 0.2) is 0 Å². The van der Waals surface area contributed by atoms with E-state index in [2.05, 4.69) is 32.7 Å². The molecule has 5 heteroatoms. The fraction of sp³-hybridized carbons (Fsp3) is 0.312. The Morgan fingerprint density at radius 3 is 2.90 bits per heavy atom. The maximum Gasteiger partial charge on any atom is 0.0965 e. The number of nitrogens with zero attached hydrogens (tertiary/aromatic N) is 4. The summed E-state index contributed by atoms with van der Waals surface area (Å²) in [6, 6.07) is 13.0. The van der Waals surface area contributed by atoms with E-state index in [4.69, 9.17) is 0 Å². The number of pyridine rings is 1. The average molecular weight is 279 g/mol. The van der Waals surface area contributed by atoms with Gasteiger partial charge in [0.25, 0.3) is 0 Å². The van der Waals surface area contributed by atoms with Crippen LogP contribution in [0.4, 0.5) is 0 Å². The van der Waals surface area contributed by atoms with Crippen LogP contribution in [0.25, 0.3) is 10.9 Å². The maximum atomic E-state index is 4.66. The standard InChI is InChI=1S/C16H17N5/c1-2-4-16-12(3-1)5-6-14(18-16)10-21-11-15(19-20-21)9-17-13-7-8-13/h1-6,11,13,17H,7-10H2. The van der Waals surface area contributed by atoms with E-state index >= 15 is 0 Å². The van der Waals surface area contributed by atoms with Crippen molar-refractivity contribution < 1.29 is 0 Å². The van der Waals surface area contributed by atoms with E-state index in [0.717, 1.165) is 28.8 Å². The molecule has 2 aromatic heterocycles. The SMILES string of the molecule is c1ccc2nc(Cn3cc(CNC4CC4)nn3)ccc2c1. The molecule has 21 heavy (non-hydrogen) atoms. The number of fused-ring (bicyclic) bond motifs is 1. The molecule has 0 aliphatic heterocycles. The maximum absolute atomic E-state index is 4.66. The summed E-state index contributed by atoms with van der Waals surface area (Å²) in [5, 5.41) is 13.0. The van der Waals surface area contributed by atoms with Crippen molar-refractivity contribution in [3.05, 3.63) is 54.0 Å². The molecule has 0 atom stereocenters. The third-order valence-electron chi connectivity index (χ3n) is 3.72. The molecule has 2 heterocycles. The third kappa shape index (κ3) is 2.92. The molecule has 0 spiro atoms. The van der Waals surface area contributed by atoms with Crippen LogP contribution in [0.1, 0.15) is 24.2 Å². The van der Waals surface area contributed by atoms with Gasteiger partial charge in [0.05, 0.1) is 29.6 Å². The molecule has 4 rings (SSSR count). The predicted octanol–water partition coefficient (Wildman–Crippen LogP) is 2.13. The molecule has 0 radical (unpaired) electrons. The molecule has 0 saturated heterocycles. The molecule has 0 amide bonds. The Morgan fingerprint density at radius 1 is 1.10 bits per heavy atom. The van der Waals surface area contributed by atoms with Crippen LogP contribution in [0.2, 0.25) is 0 Å². The van der Waals surface area contributed by atoms with Gasteiger partial charge in [-0.2, -0.15) is 0 Å². The normalized spacial score (nSPS) is 14.7. The van der Waals surface area contributed by atoms with Crippen LogP contribution in [0.15, 0.2) is 42.6 Å². The molecule has 1 saturated carbocycles. The van der Waals surface area contributed by atoms with Crippen molar-refractivity contribution in [1.29, 1.82) is 0 Å². The van der Waals surface area contributed by atoms with Gasteiger partial charge in [0, 0.05) is 18.0 Å². The van der Waals surface area contributed by atoms with Crippen molar-refractivity contribution >= 4 is 10.9 Å². The number of nitrogens with one attached hydrogen (secondary N) is 1. The lowest BCUT2D eigenvalue weighted by atomic mass is 10.2. The van der Waals surface area contributed by atoms with Crippen LogP contribution in [-0.4, -0.2) is 26.0 Å². The summed E-state index contributed by atoms with van der Waals surface area (Å²) >= 11 is 0. The van der Waals surface area contributed by atoms with E-state index in [0.29, 0.717) is 12.6 Å². The minimum absolute atomic E-state index is 0.654. The van der Waals surface area contributed by atoms with Crippen LogP contribution >= 0.6 is 0 Å². The first kappa shape index (κ1) is 12.5. The van der Waals surface area contributed by atoms with Gasteiger partial charge >= 0.3 is 0 Å². The summed E-state index contributed by atoms with van der Waals surface area (Å²) < 4.78 is 1.85. The van der Waals surface area contributed by atoms with E-state index in [1.54, 1.807) is 0 Å². The van der Waals surface area contributed by atoms with Crippen molar-refractivity contribution in [2.24, 2.45) is 0 Å². The molecule has 1 aliphatic rings. The zero-order chi connectivity index (χ0) is 14.1. The van der Waals surface area contributed by atoms with Gasteiger partial charge in [0.2, 0.25) is 0 Å². The Balaban J connectivity index is 1.48. The highest BCUT2D eigenvalue weighted by Crippen LogP contribution is 2.19. The predicted molar refractivity (Wildman–Crippen MR) is 80.7 cm³/mol. The minimum Gasteiger partial charge on any atom is -0.308 e. The summed E-state index contributed by atoms with van der Waals surface area (Å²) in [4.78, 5) is 4.66. The molecule has 106 valence electrons. The largest absolute Gasteiger partial charge is 0.308 e. The lowest BCUT2D eigenvalue weighted by molar-refractivity contribution is 0.638. The molecule has 1 N–H and O–H groups in total. The second-order valence-corrected chi connectivity index (χ2v) is 5.56. The van der Waals surface area contributed by atoms with E-state index in [-0.39, 0.29) is 0 Å². The fourth-order valence-corrected chi connectivity index (χ4v) is 2.40. The second-order valence-electron chi connectivity index (χ2n) is 5.56. The van der Waals surface area contributed by atoms with Gasteiger partial charge in [-0.3, -0.25) is 4.98 Å². The fourth-order valence-electron chi connectivity index (χ4n) is 2.40. The number of hydrogen-bond donors (Lipinski definition) is 1. The molecule has 0 bridgehead atoms. The molecule has 1 aromatic carbocycles. The Bertz CT molecular complexity index is 760. The first-order valence-corrected chi connectivity index (χ1v) is 7.34. The van der Waals surface area contributed by atoms with Crippen LogP contribution in [-0.2, 0) is 13.1 Å². The summed E-state index contributed by atoms with van der Waals surface area (Å²) in [6.45, 7) is 1.46. The van der Waals surface area contributed by atoms with E-state index in [9.17, 15) is 0 Å². The second kappa shape index (κ2) is 5.26. The monoisotopic (exact) mass is 279 g/mol. The molecule has 3 aromatic rings. The third-order valence-corrected chi connectivity index (χ3v) is 3.72. The molecule has 5 nitrogen and oxygen atoms in total. The highest BCUT2D eigenvalue weighted by molar-refractivity contribution is 5.78. The van der Waals surface area contributed by atoms with Gasteiger partial charge in [-0.15, -0.1) is 5.10 Å². The molecule has 0 unspecified atom stereocenters. The van der Waals surface area contributed by atoms with Crippen LogP contribution < -0.4 is 5.32 Å². The quantitative estimate of drug-likeness (QED) is 0.777. The van der Waals surface area contributed by atoms with Crippen LogP contribution in [0.5, 0.6) is 0 Å². The van der Waals surface area contributed by atoms with Crippen molar-refractivity contribution in [3.63, 3.8) is 0 Å². The van der Waals surface area contributed by atoms with E-state index in [1.807, 2.05) is 35.1 Å². The topological polar surface area (TPSA) is 55.6 Å². The lowest BCUT2D eigenvalue weighted by Gasteiger charge is -2.02. The average Bonchev–Trinajstić information content (AvgIpc) is 3.25. The van der Waals surface area contributed by atoms with Crippen molar-refractivity contribution in [1.82, 2.24) is 25.3 Å². The Hall–Kier alpha value is -2.27. The number of benzene rings is 1. The number of aromatic nitrogens is 4. The lowest BCUT2D eigenvalue weighted by Crippen LogP contribution is -2.15. The number of para-hydroxylation sites is 1. The Kier molecular flexibility index (Phi) is 3.12. The zero-order valence-corrected chi connectivity index (χ0v) is 11.7. The Labute approximate surface area is 123 Å². The minimum atomic E-state index is 0.654. The first-order valence-electron chi connectivity index (χ1n) is 7.34. The molecule has 1 aliphatic carbocycles. The van der Waals surface area contributed by atoms with Gasteiger partial charge in [-0.1, -0.05) is 29.5 Å². The smallest absolute Gasteiger partial charge is 0.0965 e. The summed E-state index contributed by atoms with van der Waals surface area (Å²) in [5.41, 5.74) is 3.01. The highest BCUT2D eigenvalue weighted by atomic mass is 15.4. The van der Waals surface area contributed by atoms with Crippen molar-refractivity contribution in [3.8, 4) is 0 Å². The van der Waals surface area contributed by atoms with Gasteiger partial charge in [-0.05, 0) is 25.0 Å². The zero-order valence-electron chi connectivity index (χ0n) is 11.7. The van der Waals surface area contributed by atoms with Crippen molar-refractivity contribution in [2.75, 3.05) is 0 Å². The summed E-state index contributed by atoms with van der Waals surface area (Å²) in [5.74, 6) is 0. The van der Waals surface area contributed by atoms with E-state index < -0.39 is 0 Å². The van der Waals surface area contributed by atoms with Crippen LogP contribution in [0.3, 0.4) is 0 Å². The van der Waals surface area contributed by atoms with Crippen molar-refractivity contribution in [2.45, 2.75) is 32.0 Å². The molecular formula is C16H17N5. The van der Waals surface area contributed by atoms with Crippen LogP contribution in [0, 0.1) is 0 Å². The first-order chi connectivity index (χ1) is 10.4. The molecule has 1 fully saturated rings. The Morgan fingerprint density at radius 2 is 2.00 bits per heavy atom. The van der Waals surface area contributed by atoms with Gasteiger partial charge in [0.1, 0.15) is 0 Å². The van der Waals surface area contributed by atoms with Gasteiger partial charge in [-0.25, -0.2) is 4.68 Å².